The third-order valence-electron chi connectivity index (χ3n) is 4.95. The van der Waals surface area contributed by atoms with Gasteiger partial charge in [-0.1, -0.05) is 0 Å². The van der Waals surface area contributed by atoms with Crippen molar-refractivity contribution in [3.8, 4) is 0 Å². The Hall–Kier alpha value is -2.51. The molecule has 2 aliphatic rings. The normalized spacial score (nSPS) is 23.1. The maximum atomic E-state index is 13.7. The number of rotatable bonds is 3. The first-order valence-electron chi connectivity index (χ1n) is 8.14. The van der Waals surface area contributed by atoms with Crippen LogP contribution in [0.15, 0.2) is 18.2 Å². The molecule has 1 saturated heterocycles. The Kier molecular flexibility index (Phi) is 4.69. The molecule has 2 unspecified atom stereocenters. The minimum atomic E-state index is -0.954. The van der Waals surface area contributed by atoms with Crippen molar-refractivity contribution in [1.29, 1.82) is 0 Å². The van der Waals surface area contributed by atoms with Crippen molar-refractivity contribution in [2.24, 2.45) is 11.8 Å². The lowest BCUT2D eigenvalue weighted by atomic mass is 9.73. The molecule has 1 saturated carbocycles. The van der Waals surface area contributed by atoms with Crippen LogP contribution in [0, 0.1) is 23.5 Å². The molecule has 25 heavy (non-hydrogen) atoms. The van der Waals surface area contributed by atoms with Crippen molar-refractivity contribution < 1.29 is 28.3 Å². The molecule has 2 atom stereocenters. The molecule has 6 nitrogen and oxygen atoms in total. The number of hydrogen-bond acceptors (Lipinski definition) is 3. The molecule has 0 radical (unpaired) electrons. The van der Waals surface area contributed by atoms with Gasteiger partial charge in [-0.05, 0) is 25.0 Å². The molecule has 2 amide bonds. The van der Waals surface area contributed by atoms with Crippen LogP contribution in [0.2, 0.25) is 0 Å². The third kappa shape index (κ3) is 3.33. The van der Waals surface area contributed by atoms with E-state index in [0.717, 1.165) is 12.1 Å². The molecule has 0 aromatic heterocycles. The second kappa shape index (κ2) is 6.78. The van der Waals surface area contributed by atoms with E-state index in [-0.39, 0.29) is 37.6 Å². The van der Waals surface area contributed by atoms with Gasteiger partial charge in [0.25, 0.3) is 5.91 Å². The average Bonchev–Trinajstić information content (AvgIpc) is 2.53. The number of nitrogens with zero attached hydrogens (tertiary/aromatic N) is 2. The van der Waals surface area contributed by atoms with E-state index >= 15 is 0 Å². The Morgan fingerprint density at radius 1 is 0.960 bits per heavy atom. The number of carboxylic acids is 1. The summed E-state index contributed by atoms with van der Waals surface area (Å²) in [5.41, 5.74) is -0.203. The number of benzene rings is 1. The van der Waals surface area contributed by atoms with Gasteiger partial charge in [0.2, 0.25) is 5.91 Å². The van der Waals surface area contributed by atoms with E-state index in [1.54, 1.807) is 4.90 Å². The second-order valence-corrected chi connectivity index (χ2v) is 6.37. The first-order chi connectivity index (χ1) is 11.9. The fourth-order valence-electron chi connectivity index (χ4n) is 3.29. The van der Waals surface area contributed by atoms with E-state index in [4.69, 9.17) is 5.11 Å². The molecule has 1 heterocycles. The fourth-order valence-corrected chi connectivity index (χ4v) is 3.29. The molecular weight excluding hydrogens is 334 g/mol. The van der Waals surface area contributed by atoms with Gasteiger partial charge < -0.3 is 14.9 Å². The molecule has 1 aromatic carbocycles. The zero-order valence-corrected chi connectivity index (χ0v) is 13.5. The molecule has 1 aromatic rings. The predicted molar refractivity (Wildman–Crippen MR) is 82.7 cm³/mol. The van der Waals surface area contributed by atoms with Crippen LogP contribution in [0.4, 0.5) is 8.78 Å². The molecule has 134 valence electrons. The summed E-state index contributed by atoms with van der Waals surface area (Å²) >= 11 is 0. The first kappa shape index (κ1) is 17.3. The summed E-state index contributed by atoms with van der Waals surface area (Å²) in [5, 5.41) is 9.05. The van der Waals surface area contributed by atoms with Crippen LogP contribution >= 0.6 is 0 Å². The van der Waals surface area contributed by atoms with Crippen molar-refractivity contribution in [3.05, 3.63) is 35.4 Å². The maximum Gasteiger partial charge on any atom is 0.307 e. The third-order valence-corrected chi connectivity index (χ3v) is 4.95. The lowest BCUT2D eigenvalue weighted by Crippen LogP contribution is -2.54. The van der Waals surface area contributed by atoms with Crippen LogP contribution in [0.5, 0.6) is 0 Å². The van der Waals surface area contributed by atoms with Gasteiger partial charge >= 0.3 is 5.97 Å². The monoisotopic (exact) mass is 352 g/mol. The van der Waals surface area contributed by atoms with E-state index in [1.807, 2.05) is 0 Å². The Morgan fingerprint density at radius 3 is 2.08 bits per heavy atom. The Bertz CT molecular complexity index is 717. The molecule has 3 rings (SSSR count). The molecule has 1 aliphatic carbocycles. The number of piperazine rings is 1. The van der Waals surface area contributed by atoms with E-state index in [0.29, 0.717) is 18.9 Å². The highest BCUT2D eigenvalue weighted by molar-refractivity contribution is 5.94. The zero-order valence-electron chi connectivity index (χ0n) is 13.5. The zero-order chi connectivity index (χ0) is 18.1. The van der Waals surface area contributed by atoms with Crippen molar-refractivity contribution in [2.75, 3.05) is 26.2 Å². The van der Waals surface area contributed by atoms with Gasteiger partial charge in [0, 0.05) is 32.2 Å². The van der Waals surface area contributed by atoms with Crippen LogP contribution in [-0.2, 0) is 9.59 Å². The highest BCUT2D eigenvalue weighted by Crippen LogP contribution is 2.36. The second-order valence-electron chi connectivity index (χ2n) is 6.37. The Morgan fingerprint density at radius 2 is 1.56 bits per heavy atom. The topological polar surface area (TPSA) is 77.9 Å². The van der Waals surface area contributed by atoms with Crippen LogP contribution in [0.3, 0.4) is 0 Å². The SMILES string of the molecule is O=C(O)C1CCC1C(=O)N1CCN(C(=O)c2ccc(F)cc2F)CC1. The van der Waals surface area contributed by atoms with Gasteiger partial charge in [0.15, 0.2) is 0 Å². The molecule has 1 N–H and O–H groups in total. The summed E-state index contributed by atoms with van der Waals surface area (Å²) in [6.45, 7) is 1.00. The van der Waals surface area contributed by atoms with Crippen molar-refractivity contribution in [3.63, 3.8) is 0 Å². The highest BCUT2D eigenvalue weighted by atomic mass is 19.1. The van der Waals surface area contributed by atoms with Gasteiger partial charge in [-0.2, -0.15) is 0 Å². The number of aliphatic carboxylic acids is 1. The van der Waals surface area contributed by atoms with Gasteiger partial charge in [0.1, 0.15) is 11.6 Å². The summed E-state index contributed by atoms with van der Waals surface area (Å²) in [7, 11) is 0. The minimum Gasteiger partial charge on any atom is -0.481 e. The number of hydrogen-bond donors (Lipinski definition) is 1. The van der Waals surface area contributed by atoms with Crippen LogP contribution in [-0.4, -0.2) is 58.9 Å². The van der Waals surface area contributed by atoms with Crippen LogP contribution in [0.25, 0.3) is 0 Å². The largest absolute Gasteiger partial charge is 0.481 e. The van der Waals surface area contributed by atoms with E-state index in [9.17, 15) is 23.2 Å². The predicted octanol–water partition coefficient (Wildman–Crippen LogP) is 1.36. The van der Waals surface area contributed by atoms with Crippen molar-refractivity contribution in [2.45, 2.75) is 12.8 Å². The number of carboxylic acid groups (broad SMARTS) is 1. The van der Waals surface area contributed by atoms with E-state index in [2.05, 4.69) is 0 Å². The van der Waals surface area contributed by atoms with Crippen LogP contribution < -0.4 is 0 Å². The summed E-state index contributed by atoms with van der Waals surface area (Å²) < 4.78 is 26.7. The average molecular weight is 352 g/mol. The van der Waals surface area contributed by atoms with Crippen molar-refractivity contribution >= 4 is 17.8 Å². The summed E-state index contributed by atoms with van der Waals surface area (Å²) in [4.78, 5) is 38.7. The van der Waals surface area contributed by atoms with Crippen LogP contribution in [0.1, 0.15) is 23.2 Å². The summed E-state index contributed by atoms with van der Waals surface area (Å²) in [6.07, 6.45) is 1.07. The Balaban J connectivity index is 1.59. The molecule has 0 bridgehead atoms. The van der Waals surface area contributed by atoms with Gasteiger partial charge in [-0.15, -0.1) is 0 Å². The lowest BCUT2D eigenvalue weighted by Gasteiger charge is -2.40. The standard InChI is InChI=1S/C17H18F2N2O4/c18-10-1-2-13(14(19)9-10)16(23)21-7-5-20(6-8-21)15(22)11-3-4-12(11)17(24)25/h1-2,9,11-12H,3-8H2,(H,24,25). The lowest BCUT2D eigenvalue weighted by molar-refractivity contribution is -0.157. The Labute approximate surface area is 143 Å². The van der Waals surface area contributed by atoms with Gasteiger partial charge in [-0.3, -0.25) is 14.4 Å². The molecule has 8 heteroatoms. The smallest absolute Gasteiger partial charge is 0.307 e. The van der Waals surface area contributed by atoms with Gasteiger partial charge in [0.05, 0.1) is 17.4 Å². The molecule has 1 aliphatic heterocycles. The summed E-state index contributed by atoms with van der Waals surface area (Å²) in [6, 6.07) is 2.80. The van der Waals surface area contributed by atoms with E-state index in [1.165, 1.54) is 4.90 Å². The number of halogens is 2. The number of carbonyl (C=O) groups excluding carboxylic acids is 2. The fraction of sp³-hybridized carbons (Fsp3) is 0.471. The first-order valence-corrected chi connectivity index (χ1v) is 8.14. The summed E-state index contributed by atoms with van der Waals surface area (Å²) in [5.74, 6) is -4.48. The van der Waals surface area contributed by atoms with Crippen molar-refractivity contribution in [1.82, 2.24) is 9.80 Å². The molecule has 2 fully saturated rings. The highest BCUT2D eigenvalue weighted by Gasteiger charge is 2.43. The number of amides is 2. The quantitative estimate of drug-likeness (QED) is 0.891. The van der Waals surface area contributed by atoms with E-state index < -0.39 is 35.3 Å². The molecule has 0 spiro atoms. The number of carbonyl (C=O) groups is 3. The molecular formula is C17H18F2N2O4. The maximum absolute atomic E-state index is 13.7. The minimum absolute atomic E-state index is 0.196. The van der Waals surface area contributed by atoms with Gasteiger partial charge in [-0.25, -0.2) is 8.78 Å².